The first-order valence-corrected chi connectivity index (χ1v) is 3.82. The summed E-state index contributed by atoms with van der Waals surface area (Å²) in [4.78, 5) is 3.81. The molecule has 0 saturated carbocycles. The van der Waals surface area contributed by atoms with E-state index in [-0.39, 0.29) is 11.8 Å². The highest BCUT2D eigenvalue weighted by molar-refractivity contribution is 5.36. The molecule has 1 unspecified atom stereocenters. The van der Waals surface area contributed by atoms with Crippen LogP contribution in [0.5, 0.6) is 0 Å². The van der Waals surface area contributed by atoms with Gasteiger partial charge in [-0.25, -0.2) is 4.98 Å². The number of epoxide rings is 1. The summed E-state index contributed by atoms with van der Waals surface area (Å²) in [5.74, 6) is 0. The van der Waals surface area contributed by atoms with Crippen LogP contribution in [0.4, 0.5) is 0 Å². The maximum Gasteiger partial charge on any atom is 0.176 e. The lowest BCUT2D eigenvalue weighted by atomic mass is 10.3. The lowest BCUT2D eigenvalue weighted by Crippen LogP contribution is -2.05. The van der Waals surface area contributed by atoms with E-state index < -0.39 is 0 Å². The van der Waals surface area contributed by atoms with Crippen LogP contribution in [0, 0.1) is 22.7 Å². The van der Waals surface area contributed by atoms with Gasteiger partial charge in [-0.1, -0.05) is 0 Å². The molecule has 1 saturated heterocycles. The van der Waals surface area contributed by atoms with Crippen LogP contribution in [0.15, 0.2) is 6.33 Å². The summed E-state index contributed by atoms with van der Waals surface area (Å²) in [6, 6.07) is 3.82. The van der Waals surface area contributed by atoms with Crippen molar-refractivity contribution in [3.8, 4) is 12.1 Å². The number of nitriles is 2. The van der Waals surface area contributed by atoms with E-state index in [0.29, 0.717) is 12.2 Å². The van der Waals surface area contributed by atoms with Crippen molar-refractivity contribution in [2.75, 3.05) is 6.61 Å². The second-order valence-electron chi connectivity index (χ2n) is 2.77. The summed E-state index contributed by atoms with van der Waals surface area (Å²) in [5.41, 5.74) is 0.501. The fourth-order valence-corrected chi connectivity index (χ4v) is 1.11. The lowest BCUT2D eigenvalue weighted by molar-refractivity contribution is 0.382. The van der Waals surface area contributed by atoms with Crippen LogP contribution in [0.25, 0.3) is 0 Å². The summed E-state index contributed by atoms with van der Waals surface area (Å²) in [5, 5.41) is 17.4. The molecule has 1 atom stereocenters. The molecule has 0 bridgehead atoms. The third-order valence-corrected chi connectivity index (χ3v) is 1.85. The molecule has 1 fully saturated rings. The number of imidazole rings is 1. The van der Waals surface area contributed by atoms with E-state index >= 15 is 0 Å². The van der Waals surface area contributed by atoms with Crippen molar-refractivity contribution in [3.63, 3.8) is 0 Å². The second-order valence-corrected chi connectivity index (χ2v) is 2.77. The summed E-state index contributed by atoms with van der Waals surface area (Å²) in [6.07, 6.45) is 1.69. The Bertz CT molecular complexity index is 405. The fraction of sp³-hybridized carbons (Fsp3) is 0.375. The van der Waals surface area contributed by atoms with Gasteiger partial charge in [0.15, 0.2) is 11.4 Å². The minimum absolute atomic E-state index is 0.183. The van der Waals surface area contributed by atoms with Crippen molar-refractivity contribution < 1.29 is 4.74 Å². The number of hydrogen-bond donors (Lipinski definition) is 0. The van der Waals surface area contributed by atoms with Gasteiger partial charge in [-0.05, 0) is 0 Å². The topological polar surface area (TPSA) is 77.9 Å². The van der Waals surface area contributed by atoms with Gasteiger partial charge in [-0.15, -0.1) is 0 Å². The van der Waals surface area contributed by atoms with Gasteiger partial charge in [0.25, 0.3) is 0 Å². The zero-order valence-corrected chi connectivity index (χ0v) is 6.77. The lowest BCUT2D eigenvalue weighted by Gasteiger charge is -1.97. The normalized spacial score (nSPS) is 19.1. The van der Waals surface area contributed by atoms with Crippen molar-refractivity contribution in [3.05, 3.63) is 17.7 Å². The van der Waals surface area contributed by atoms with Gasteiger partial charge >= 0.3 is 0 Å². The van der Waals surface area contributed by atoms with Crippen LogP contribution in [-0.2, 0) is 11.3 Å². The number of nitrogens with zero attached hydrogens (tertiary/aromatic N) is 4. The summed E-state index contributed by atoms with van der Waals surface area (Å²) >= 11 is 0. The van der Waals surface area contributed by atoms with Crippen LogP contribution in [-0.4, -0.2) is 22.3 Å². The minimum atomic E-state index is 0.183. The Labute approximate surface area is 74.8 Å². The third kappa shape index (κ3) is 1.37. The second kappa shape index (κ2) is 2.89. The van der Waals surface area contributed by atoms with E-state index in [2.05, 4.69) is 4.98 Å². The Morgan fingerprint density at radius 3 is 2.92 bits per heavy atom. The van der Waals surface area contributed by atoms with Crippen molar-refractivity contribution in [2.45, 2.75) is 12.6 Å². The molecular formula is C8H6N4O. The van der Waals surface area contributed by atoms with Crippen molar-refractivity contribution in [1.82, 2.24) is 9.55 Å². The molecule has 5 nitrogen and oxygen atoms in total. The summed E-state index contributed by atoms with van der Waals surface area (Å²) < 4.78 is 6.66. The average Bonchev–Trinajstić information content (AvgIpc) is 2.85. The third-order valence-electron chi connectivity index (χ3n) is 1.85. The van der Waals surface area contributed by atoms with E-state index in [0.717, 1.165) is 6.61 Å². The summed E-state index contributed by atoms with van der Waals surface area (Å²) in [6.45, 7) is 1.34. The van der Waals surface area contributed by atoms with E-state index in [1.165, 1.54) is 6.33 Å². The molecular weight excluding hydrogens is 168 g/mol. The number of hydrogen-bond acceptors (Lipinski definition) is 4. The van der Waals surface area contributed by atoms with Gasteiger partial charge in [0.05, 0.1) is 25.6 Å². The molecule has 2 rings (SSSR count). The van der Waals surface area contributed by atoms with Gasteiger partial charge in [-0.2, -0.15) is 10.5 Å². The first-order valence-electron chi connectivity index (χ1n) is 3.82. The first-order chi connectivity index (χ1) is 6.35. The highest BCUT2D eigenvalue weighted by atomic mass is 16.6. The molecule has 0 spiro atoms. The largest absolute Gasteiger partial charge is 0.371 e. The molecule has 1 aliphatic heterocycles. The molecule has 1 aromatic heterocycles. The van der Waals surface area contributed by atoms with E-state index in [1.807, 2.05) is 12.1 Å². The molecule has 0 aliphatic carbocycles. The van der Waals surface area contributed by atoms with Crippen molar-refractivity contribution in [1.29, 1.82) is 10.5 Å². The quantitative estimate of drug-likeness (QED) is 0.592. The monoisotopic (exact) mass is 174 g/mol. The van der Waals surface area contributed by atoms with Gasteiger partial charge < -0.3 is 9.30 Å². The van der Waals surface area contributed by atoms with Crippen LogP contribution in [0.3, 0.4) is 0 Å². The standard InChI is InChI=1S/C8H6N4O/c9-1-7-8(2-10)12(5-11-7)3-6-4-13-6/h5-6H,3-4H2. The minimum Gasteiger partial charge on any atom is -0.371 e. The van der Waals surface area contributed by atoms with Crippen LogP contribution in [0.1, 0.15) is 11.4 Å². The fourth-order valence-electron chi connectivity index (χ4n) is 1.11. The molecule has 0 radical (unpaired) electrons. The van der Waals surface area contributed by atoms with Crippen LogP contribution in [0.2, 0.25) is 0 Å². The van der Waals surface area contributed by atoms with E-state index in [1.54, 1.807) is 4.57 Å². The first kappa shape index (κ1) is 7.78. The molecule has 0 N–H and O–H groups in total. The van der Waals surface area contributed by atoms with Crippen molar-refractivity contribution >= 4 is 0 Å². The smallest absolute Gasteiger partial charge is 0.176 e. The molecule has 1 aromatic rings. The number of aromatic nitrogens is 2. The number of ether oxygens (including phenoxy) is 1. The zero-order chi connectivity index (χ0) is 9.26. The van der Waals surface area contributed by atoms with E-state index in [4.69, 9.17) is 15.3 Å². The van der Waals surface area contributed by atoms with Gasteiger partial charge in [0.2, 0.25) is 0 Å². The van der Waals surface area contributed by atoms with E-state index in [9.17, 15) is 0 Å². The van der Waals surface area contributed by atoms with Crippen LogP contribution < -0.4 is 0 Å². The Morgan fingerprint density at radius 1 is 1.62 bits per heavy atom. The maximum absolute atomic E-state index is 8.75. The molecule has 0 aromatic carbocycles. The Kier molecular flexibility index (Phi) is 1.73. The van der Waals surface area contributed by atoms with Crippen molar-refractivity contribution in [2.24, 2.45) is 0 Å². The average molecular weight is 174 g/mol. The maximum atomic E-state index is 8.75. The number of rotatable bonds is 2. The SMILES string of the molecule is N#Cc1ncn(CC2CO2)c1C#N. The highest BCUT2D eigenvalue weighted by Crippen LogP contribution is 2.14. The zero-order valence-electron chi connectivity index (χ0n) is 6.77. The van der Waals surface area contributed by atoms with Gasteiger partial charge in [0, 0.05) is 0 Å². The predicted octanol–water partition coefficient (Wildman–Crippen LogP) is 0.0253. The van der Waals surface area contributed by atoms with Gasteiger partial charge in [-0.3, -0.25) is 0 Å². The molecule has 13 heavy (non-hydrogen) atoms. The Hall–Kier alpha value is -1.85. The van der Waals surface area contributed by atoms with Crippen LogP contribution >= 0.6 is 0 Å². The molecule has 64 valence electrons. The molecule has 2 heterocycles. The Morgan fingerprint density at radius 2 is 2.38 bits per heavy atom. The summed E-state index contributed by atoms with van der Waals surface area (Å²) in [7, 11) is 0. The molecule has 1 aliphatic rings. The highest BCUT2D eigenvalue weighted by Gasteiger charge is 2.24. The predicted molar refractivity (Wildman–Crippen MR) is 41.4 cm³/mol. The molecule has 5 heteroatoms. The van der Waals surface area contributed by atoms with Gasteiger partial charge in [0.1, 0.15) is 12.1 Å². The Balaban J connectivity index is 2.30. The molecule has 0 amide bonds.